The minimum Gasteiger partial charge on any atom is -0.495 e. The van der Waals surface area contributed by atoms with E-state index in [-0.39, 0.29) is 41.7 Å². The molecule has 2 saturated carbocycles. The van der Waals surface area contributed by atoms with Crippen LogP contribution in [0.2, 0.25) is 0 Å². The van der Waals surface area contributed by atoms with Gasteiger partial charge in [0, 0.05) is 37.3 Å². The molecule has 1 saturated heterocycles. The number of hydrogen-bond donors (Lipinski definition) is 3. The van der Waals surface area contributed by atoms with E-state index in [0.29, 0.717) is 35.9 Å². The van der Waals surface area contributed by atoms with Crippen molar-refractivity contribution >= 4 is 29.3 Å². The Morgan fingerprint density at radius 2 is 1.82 bits per heavy atom. The van der Waals surface area contributed by atoms with Gasteiger partial charge in [-0.1, -0.05) is 12.8 Å². The predicted molar refractivity (Wildman–Crippen MR) is 161 cm³/mol. The Labute approximate surface area is 256 Å². The van der Waals surface area contributed by atoms with Crippen LogP contribution in [0, 0.1) is 5.92 Å². The second-order valence-corrected chi connectivity index (χ2v) is 12.3. The van der Waals surface area contributed by atoms with Crippen LogP contribution in [0.1, 0.15) is 74.2 Å². The van der Waals surface area contributed by atoms with E-state index in [1.807, 2.05) is 4.90 Å². The largest absolute Gasteiger partial charge is 0.495 e. The molecule has 0 bridgehead atoms. The molecule has 2 aliphatic carbocycles. The number of nitrogens with one attached hydrogen (secondary N) is 3. The lowest BCUT2D eigenvalue weighted by Gasteiger charge is -2.40. The standard InChI is InChI=1S/C31H42F3N7O3/c1-19(42)41(18-20-8-9-20)26-7-5-4-6-24(26)37-28-23(31(32,33)34)17-35-30(39-28)38-25-11-10-21(16-27(25)44-3)29(43)36-22-12-14-40(2)15-13-22/h10-11,16-17,20,22,24,26H,4-9,12-15,18H2,1-3H3,(H,36,43)(H2,35,37,38,39)/t24-,26-/m1/s1. The number of anilines is 3. The number of hydrogen-bond acceptors (Lipinski definition) is 8. The molecule has 1 aliphatic heterocycles. The molecule has 0 spiro atoms. The third-order valence-corrected chi connectivity index (χ3v) is 8.87. The van der Waals surface area contributed by atoms with Gasteiger partial charge >= 0.3 is 6.18 Å². The lowest BCUT2D eigenvalue weighted by molar-refractivity contribution is -0.137. The summed E-state index contributed by atoms with van der Waals surface area (Å²) in [6, 6.07) is 4.32. The Morgan fingerprint density at radius 3 is 2.48 bits per heavy atom. The second kappa shape index (κ2) is 13.6. The topological polar surface area (TPSA) is 112 Å². The molecule has 1 aromatic carbocycles. The maximum absolute atomic E-state index is 14.1. The number of nitrogens with zero attached hydrogens (tertiary/aromatic N) is 4. The molecule has 13 heteroatoms. The number of alkyl halides is 3. The summed E-state index contributed by atoms with van der Waals surface area (Å²) < 4.78 is 47.8. The molecular formula is C31H42F3N7O3. The number of methoxy groups -OCH3 is 1. The predicted octanol–water partition coefficient (Wildman–Crippen LogP) is 5.05. The van der Waals surface area contributed by atoms with E-state index in [1.165, 1.54) is 14.0 Å². The molecule has 44 heavy (non-hydrogen) atoms. The molecule has 3 N–H and O–H groups in total. The van der Waals surface area contributed by atoms with E-state index >= 15 is 0 Å². The van der Waals surface area contributed by atoms with Crippen molar-refractivity contribution in [3.8, 4) is 5.75 Å². The quantitative estimate of drug-likeness (QED) is 0.340. The molecule has 0 radical (unpaired) electrons. The van der Waals surface area contributed by atoms with E-state index in [1.54, 1.807) is 18.2 Å². The second-order valence-electron chi connectivity index (χ2n) is 12.3. The van der Waals surface area contributed by atoms with E-state index in [2.05, 4.69) is 37.9 Å². The van der Waals surface area contributed by atoms with Crippen molar-refractivity contribution in [2.24, 2.45) is 5.92 Å². The number of carbonyl (C=O) groups excluding carboxylic acids is 2. The van der Waals surface area contributed by atoms with Gasteiger partial charge in [0.2, 0.25) is 11.9 Å². The fourth-order valence-corrected chi connectivity index (χ4v) is 6.14. The Morgan fingerprint density at radius 1 is 1.09 bits per heavy atom. The van der Waals surface area contributed by atoms with Gasteiger partial charge in [-0.05, 0) is 82.8 Å². The van der Waals surface area contributed by atoms with Crippen LogP contribution in [-0.2, 0) is 11.0 Å². The number of benzene rings is 1. The smallest absolute Gasteiger partial charge is 0.421 e. The summed E-state index contributed by atoms with van der Waals surface area (Å²) in [7, 11) is 3.50. The van der Waals surface area contributed by atoms with Crippen LogP contribution in [0.25, 0.3) is 0 Å². The van der Waals surface area contributed by atoms with Gasteiger partial charge in [0.25, 0.3) is 5.91 Å². The van der Waals surface area contributed by atoms with Crippen LogP contribution >= 0.6 is 0 Å². The summed E-state index contributed by atoms with van der Waals surface area (Å²) >= 11 is 0. The molecule has 10 nitrogen and oxygen atoms in total. The van der Waals surface area contributed by atoms with Gasteiger partial charge in [0.05, 0.1) is 18.8 Å². The number of aromatic nitrogens is 2. The number of amides is 2. The van der Waals surface area contributed by atoms with Gasteiger partial charge in [-0.3, -0.25) is 9.59 Å². The number of rotatable bonds is 10. The normalized spacial score (nSPS) is 21.4. The van der Waals surface area contributed by atoms with Gasteiger partial charge in [0.15, 0.2) is 0 Å². The first-order valence-electron chi connectivity index (χ1n) is 15.4. The van der Waals surface area contributed by atoms with Crippen LogP contribution < -0.4 is 20.7 Å². The van der Waals surface area contributed by atoms with Gasteiger partial charge < -0.3 is 30.5 Å². The third-order valence-electron chi connectivity index (χ3n) is 8.87. The highest BCUT2D eigenvalue weighted by atomic mass is 19.4. The Balaban J connectivity index is 1.35. The van der Waals surface area contributed by atoms with Crippen molar-refractivity contribution in [2.75, 3.05) is 44.4 Å². The summed E-state index contributed by atoms with van der Waals surface area (Å²) in [5.41, 5.74) is -0.166. The van der Waals surface area contributed by atoms with Crippen LogP contribution in [-0.4, -0.2) is 83.5 Å². The number of likely N-dealkylation sites (tertiary alicyclic amines) is 1. The third kappa shape index (κ3) is 7.91. The van der Waals surface area contributed by atoms with Crippen LogP contribution in [0.4, 0.5) is 30.6 Å². The maximum Gasteiger partial charge on any atom is 0.421 e. The zero-order valence-electron chi connectivity index (χ0n) is 25.5. The highest BCUT2D eigenvalue weighted by Gasteiger charge is 2.39. The zero-order chi connectivity index (χ0) is 31.4. The Kier molecular flexibility index (Phi) is 9.81. The Hall–Kier alpha value is -3.61. The molecule has 3 aliphatic rings. The van der Waals surface area contributed by atoms with Gasteiger partial charge in [-0.2, -0.15) is 18.2 Å². The van der Waals surface area contributed by atoms with Crippen molar-refractivity contribution in [3.05, 3.63) is 35.5 Å². The van der Waals surface area contributed by atoms with E-state index < -0.39 is 11.7 Å². The highest BCUT2D eigenvalue weighted by molar-refractivity contribution is 5.95. The van der Waals surface area contributed by atoms with Crippen molar-refractivity contribution < 1.29 is 27.5 Å². The minimum atomic E-state index is -4.68. The highest BCUT2D eigenvalue weighted by Crippen LogP contribution is 2.38. The van der Waals surface area contributed by atoms with Crippen molar-refractivity contribution in [1.29, 1.82) is 0 Å². The first-order valence-corrected chi connectivity index (χ1v) is 15.4. The molecule has 2 amide bonds. The number of piperidine rings is 1. The number of halogens is 3. The monoisotopic (exact) mass is 617 g/mol. The molecule has 3 fully saturated rings. The summed E-state index contributed by atoms with van der Waals surface area (Å²) in [5.74, 6) is 0.107. The van der Waals surface area contributed by atoms with E-state index in [4.69, 9.17) is 4.74 Å². The molecule has 0 unspecified atom stereocenters. The van der Waals surface area contributed by atoms with Crippen LogP contribution in [0.5, 0.6) is 5.75 Å². The van der Waals surface area contributed by atoms with Gasteiger partial charge in [-0.15, -0.1) is 0 Å². The number of ether oxygens (including phenoxy) is 1. The van der Waals surface area contributed by atoms with Crippen molar-refractivity contribution in [3.63, 3.8) is 0 Å². The lowest BCUT2D eigenvalue weighted by Crippen LogP contribution is -2.51. The van der Waals surface area contributed by atoms with Gasteiger partial charge in [0.1, 0.15) is 17.1 Å². The Bertz CT molecular complexity index is 1330. The summed E-state index contributed by atoms with van der Waals surface area (Å²) in [4.78, 5) is 37.8. The summed E-state index contributed by atoms with van der Waals surface area (Å²) in [5, 5.41) is 9.09. The summed E-state index contributed by atoms with van der Waals surface area (Å²) in [6.45, 7) is 3.99. The minimum absolute atomic E-state index is 0.0592. The van der Waals surface area contributed by atoms with Crippen molar-refractivity contribution in [1.82, 2.24) is 25.1 Å². The fraction of sp³-hybridized carbons (Fsp3) is 0.613. The molecule has 5 rings (SSSR count). The zero-order valence-corrected chi connectivity index (χ0v) is 25.5. The lowest BCUT2D eigenvalue weighted by atomic mass is 9.88. The van der Waals surface area contributed by atoms with Gasteiger partial charge in [-0.25, -0.2) is 4.98 Å². The molecular weight excluding hydrogens is 575 g/mol. The molecule has 2 heterocycles. The molecule has 240 valence electrons. The average Bonchev–Trinajstić information content (AvgIpc) is 3.81. The van der Waals surface area contributed by atoms with E-state index in [9.17, 15) is 22.8 Å². The van der Waals surface area contributed by atoms with Crippen LogP contribution in [0.3, 0.4) is 0 Å². The first kappa shape index (κ1) is 31.8. The average molecular weight is 618 g/mol. The molecule has 2 aromatic rings. The number of carbonyl (C=O) groups is 2. The van der Waals surface area contributed by atoms with Crippen LogP contribution in [0.15, 0.2) is 24.4 Å². The molecule has 1 aromatic heterocycles. The van der Waals surface area contributed by atoms with E-state index in [0.717, 1.165) is 64.2 Å². The maximum atomic E-state index is 14.1. The fourth-order valence-electron chi connectivity index (χ4n) is 6.14. The summed E-state index contributed by atoms with van der Waals surface area (Å²) in [6.07, 6.45) is 3.06. The first-order chi connectivity index (χ1) is 21.0. The SMILES string of the molecule is COc1cc(C(=O)NC2CCN(C)CC2)ccc1Nc1ncc(C(F)(F)F)c(N[C@@H]2CCCC[C@H]2N(CC2CC2)C(C)=O)n1. The van der Waals surface area contributed by atoms with Crippen molar-refractivity contribution in [2.45, 2.75) is 82.6 Å². The molecule has 2 atom stereocenters.